The number of hydrogen-bond acceptors (Lipinski definition) is 7. The summed E-state index contributed by atoms with van der Waals surface area (Å²) in [4.78, 5) is 10.9. The Kier molecular flexibility index (Phi) is 4.81. The van der Waals surface area contributed by atoms with Crippen molar-refractivity contribution >= 4 is 15.8 Å². The number of aryl methyl sites for hydroxylation is 2. The Morgan fingerprint density at radius 2 is 2.00 bits per heavy atom. The SMILES string of the molecule is Cc1noc(C)c1S(=O)(=O)NCc1nccc(N2CCCCC2)n1. The van der Waals surface area contributed by atoms with Crippen LogP contribution in [0.3, 0.4) is 0 Å². The minimum Gasteiger partial charge on any atom is -0.360 e. The van der Waals surface area contributed by atoms with Crippen molar-refractivity contribution in [3.8, 4) is 0 Å². The molecule has 8 nitrogen and oxygen atoms in total. The van der Waals surface area contributed by atoms with E-state index >= 15 is 0 Å². The van der Waals surface area contributed by atoms with Gasteiger partial charge in [-0.3, -0.25) is 0 Å². The molecule has 3 rings (SSSR count). The topological polar surface area (TPSA) is 101 Å². The second kappa shape index (κ2) is 6.86. The van der Waals surface area contributed by atoms with Gasteiger partial charge >= 0.3 is 0 Å². The number of piperidine rings is 1. The lowest BCUT2D eigenvalue weighted by Gasteiger charge is -2.27. The zero-order valence-electron chi connectivity index (χ0n) is 13.8. The zero-order valence-corrected chi connectivity index (χ0v) is 14.6. The number of hydrogen-bond donors (Lipinski definition) is 1. The van der Waals surface area contributed by atoms with Gasteiger partial charge in [-0.25, -0.2) is 23.1 Å². The molecule has 24 heavy (non-hydrogen) atoms. The predicted molar refractivity (Wildman–Crippen MR) is 88.1 cm³/mol. The molecule has 3 heterocycles. The van der Waals surface area contributed by atoms with Crippen LogP contribution < -0.4 is 9.62 Å². The van der Waals surface area contributed by atoms with Crippen molar-refractivity contribution < 1.29 is 12.9 Å². The normalized spacial score (nSPS) is 15.7. The van der Waals surface area contributed by atoms with Gasteiger partial charge in [0.2, 0.25) is 10.0 Å². The van der Waals surface area contributed by atoms with Crippen LogP contribution in [0.5, 0.6) is 0 Å². The Bertz CT molecular complexity index is 793. The van der Waals surface area contributed by atoms with Gasteiger partial charge in [0.25, 0.3) is 0 Å². The van der Waals surface area contributed by atoms with Gasteiger partial charge in [0.05, 0.1) is 6.54 Å². The second-order valence-corrected chi connectivity index (χ2v) is 7.56. The van der Waals surface area contributed by atoms with E-state index in [-0.39, 0.29) is 17.2 Å². The standard InChI is InChI=1S/C15H21N5O3S/c1-11-15(12(2)23-19-11)24(21,22)17-10-13-16-7-6-14(18-13)20-8-4-3-5-9-20/h6-7,17H,3-5,8-10H2,1-2H3. The maximum absolute atomic E-state index is 12.4. The predicted octanol–water partition coefficient (Wildman–Crippen LogP) is 1.55. The molecular weight excluding hydrogens is 330 g/mol. The van der Waals surface area contributed by atoms with E-state index in [4.69, 9.17) is 4.52 Å². The number of aromatic nitrogens is 3. The summed E-state index contributed by atoms with van der Waals surface area (Å²) in [5, 5.41) is 3.68. The molecule has 0 radical (unpaired) electrons. The van der Waals surface area contributed by atoms with Gasteiger partial charge in [-0.1, -0.05) is 5.16 Å². The van der Waals surface area contributed by atoms with E-state index in [1.54, 1.807) is 20.0 Å². The summed E-state index contributed by atoms with van der Waals surface area (Å²) in [5.74, 6) is 1.55. The van der Waals surface area contributed by atoms with E-state index in [1.807, 2.05) is 6.07 Å². The fourth-order valence-electron chi connectivity index (χ4n) is 2.86. The maximum atomic E-state index is 12.4. The first kappa shape index (κ1) is 16.8. The molecule has 1 aliphatic rings. The molecule has 0 saturated carbocycles. The summed E-state index contributed by atoms with van der Waals surface area (Å²) in [7, 11) is -3.71. The fraction of sp³-hybridized carbons (Fsp3) is 0.533. The molecule has 130 valence electrons. The number of anilines is 1. The Balaban J connectivity index is 1.72. The molecule has 2 aromatic heterocycles. The van der Waals surface area contributed by atoms with Crippen LogP contribution in [0.25, 0.3) is 0 Å². The molecule has 9 heteroatoms. The maximum Gasteiger partial charge on any atom is 0.246 e. The van der Waals surface area contributed by atoms with Gasteiger partial charge in [-0.15, -0.1) is 0 Å². The van der Waals surface area contributed by atoms with Crippen molar-refractivity contribution in [1.29, 1.82) is 0 Å². The number of nitrogens with zero attached hydrogens (tertiary/aromatic N) is 4. The summed E-state index contributed by atoms with van der Waals surface area (Å²) < 4.78 is 32.3. The van der Waals surface area contributed by atoms with Gasteiger partial charge in [0, 0.05) is 19.3 Å². The van der Waals surface area contributed by atoms with Crippen LogP contribution in [0.4, 0.5) is 5.82 Å². The third-order valence-corrected chi connectivity index (χ3v) is 5.67. The van der Waals surface area contributed by atoms with Crippen molar-refractivity contribution in [2.45, 2.75) is 44.6 Å². The summed E-state index contributed by atoms with van der Waals surface area (Å²) in [6, 6.07) is 1.86. The molecular formula is C15H21N5O3S. The third-order valence-electron chi connectivity index (χ3n) is 4.03. The van der Waals surface area contributed by atoms with Crippen molar-refractivity contribution in [2.75, 3.05) is 18.0 Å². The van der Waals surface area contributed by atoms with Crippen LogP contribution in [-0.2, 0) is 16.6 Å². The van der Waals surface area contributed by atoms with Gasteiger partial charge in [-0.2, -0.15) is 0 Å². The molecule has 0 aromatic carbocycles. The largest absolute Gasteiger partial charge is 0.360 e. The summed E-state index contributed by atoms with van der Waals surface area (Å²) >= 11 is 0. The van der Waals surface area contributed by atoms with Crippen molar-refractivity contribution in [1.82, 2.24) is 19.8 Å². The molecule has 1 saturated heterocycles. The fourth-order valence-corrected chi connectivity index (χ4v) is 4.17. The van der Waals surface area contributed by atoms with Crippen LogP contribution in [0.15, 0.2) is 21.7 Å². The van der Waals surface area contributed by atoms with Gasteiger partial charge in [0.15, 0.2) is 5.76 Å². The summed E-state index contributed by atoms with van der Waals surface area (Å²) in [6.45, 7) is 5.14. The molecule has 0 atom stereocenters. The van der Waals surface area contributed by atoms with E-state index in [0.717, 1.165) is 31.7 Å². The van der Waals surface area contributed by atoms with E-state index in [2.05, 4.69) is 24.7 Å². The molecule has 0 aliphatic carbocycles. The highest BCUT2D eigenvalue weighted by Gasteiger charge is 2.24. The highest BCUT2D eigenvalue weighted by atomic mass is 32.2. The van der Waals surface area contributed by atoms with Crippen molar-refractivity contribution in [2.24, 2.45) is 0 Å². The van der Waals surface area contributed by atoms with Gasteiger partial charge < -0.3 is 9.42 Å². The first-order valence-electron chi connectivity index (χ1n) is 7.97. The minimum atomic E-state index is -3.71. The Morgan fingerprint density at radius 3 is 2.67 bits per heavy atom. The average molecular weight is 351 g/mol. The van der Waals surface area contributed by atoms with E-state index in [0.29, 0.717) is 11.5 Å². The molecule has 1 aliphatic heterocycles. The Morgan fingerprint density at radius 1 is 1.25 bits per heavy atom. The van der Waals surface area contributed by atoms with Gasteiger partial charge in [0.1, 0.15) is 22.2 Å². The number of sulfonamides is 1. The van der Waals surface area contributed by atoms with Crippen LogP contribution >= 0.6 is 0 Å². The first-order chi connectivity index (χ1) is 11.5. The second-order valence-electron chi connectivity index (χ2n) is 5.86. The summed E-state index contributed by atoms with van der Waals surface area (Å²) in [5.41, 5.74) is 0.336. The van der Waals surface area contributed by atoms with Crippen LogP contribution in [0, 0.1) is 13.8 Å². The minimum absolute atomic E-state index is 0.0219. The summed E-state index contributed by atoms with van der Waals surface area (Å²) in [6.07, 6.45) is 5.21. The van der Waals surface area contributed by atoms with Crippen LogP contribution in [0.2, 0.25) is 0 Å². The third kappa shape index (κ3) is 3.57. The Hall–Kier alpha value is -2.00. The molecule has 0 bridgehead atoms. The first-order valence-corrected chi connectivity index (χ1v) is 9.45. The highest BCUT2D eigenvalue weighted by Crippen LogP contribution is 2.19. The molecule has 2 aromatic rings. The van der Waals surface area contributed by atoms with E-state index in [9.17, 15) is 8.42 Å². The molecule has 0 spiro atoms. The van der Waals surface area contributed by atoms with E-state index in [1.165, 1.54) is 6.42 Å². The lowest BCUT2D eigenvalue weighted by atomic mass is 10.1. The number of nitrogens with one attached hydrogen (secondary N) is 1. The van der Waals surface area contributed by atoms with Gasteiger partial charge in [-0.05, 0) is 39.2 Å². The van der Waals surface area contributed by atoms with Crippen molar-refractivity contribution in [3.05, 3.63) is 29.5 Å². The molecule has 1 N–H and O–H groups in total. The van der Waals surface area contributed by atoms with Crippen LogP contribution in [-0.4, -0.2) is 36.6 Å². The number of rotatable bonds is 5. The lowest BCUT2D eigenvalue weighted by Crippen LogP contribution is -2.31. The quantitative estimate of drug-likeness (QED) is 0.872. The zero-order chi connectivity index (χ0) is 17.2. The smallest absolute Gasteiger partial charge is 0.246 e. The van der Waals surface area contributed by atoms with Crippen molar-refractivity contribution in [3.63, 3.8) is 0 Å². The average Bonchev–Trinajstić information content (AvgIpc) is 2.94. The Labute approximate surface area is 141 Å². The lowest BCUT2D eigenvalue weighted by molar-refractivity contribution is 0.390. The monoisotopic (exact) mass is 351 g/mol. The molecule has 0 amide bonds. The van der Waals surface area contributed by atoms with Crippen LogP contribution in [0.1, 0.15) is 36.5 Å². The molecule has 1 fully saturated rings. The molecule has 0 unspecified atom stereocenters. The highest BCUT2D eigenvalue weighted by molar-refractivity contribution is 7.89. The van der Waals surface area contributed by atoms with E-state index < -0.39 is 10.0 Å².